The third-order valence-corrected chi connectivity index (χ3v) is 1.05. The first-order valence-corrected chi connectivity index (χ1v) is 5.13. The summed E-state index contributed by atoms with van der Waals surface area (Å²) in [5, 5.41) is 10.8. The summed E-state index contributed by atoms with van der Waals surface area (Å²) in [6.45, 7) is 6.39. The number of aliphatic hydroxyl groups is 1. The minimum absolute atomic E-state index is 1.06. The Balaban J connectivity index is 0. The molecule has 0 atom stereocenters. The van der Waals surface area contributed by atoms with Crippen LogP contribution in [0.25, 0.3) is 0 Å². The van der Waals surface area contributed by atoms with Crippen molar-refractivity contribution in [2.45, 2.75) is 13.8 Å². The third kappa shape index (κ3) is 25.5. The quantitative estimate of drug-likeness (QED) is 0.454. The summed E-state index contributed by atoms with van der Waals surface area (Å²) in [5.41, 5.74) is 0. The topological polar surface area (TPSA) is 89.8 Å². The molecule has 4 N–H and O–H groups in total. The molecule has 0 aromatic carbocycles. The van der Waals surface area contributed by atoms with Crippen LogP contribution in [0, 0.1) is 0 Å². The summed E-state index contributed by atoms with van der Waals surface area (Å²) in [6, 6.07) is 0. The molecule has 0 saturated heterocycles. The predicted molar refractivity (Wildman–Crippen MR) is 43.3 cm³/mol. The van der Waals surface area contributed by atoms with E-state index in [0.717, 1.165) is 13.1 Å². The Kier molecular flexibility index (Phi) is 10.1. The fraction of sp³-hybridized carbons (Fsp3) is 1.00. The highest BCUT2D eigenvalue weighted by Crippen LogP contribution is 2.31. The highest BCUT2D eigenvalue weighted by molar-refractivity contribution is 7.51. The minimum Gasteiger partial charge on any atom is -0.384 e. The molecule has 0 unspecified atom stereocenters. The lowest BCUT2D eigenvalue weighted by Crippen LogP contribution is -2.09. The third-order valence-electron chi connectivity index (χ3n) is 0.684. The molecule has 0 aromatic rings. The van der Waals surface area contributed by atoms with Crippen LogP contribution in [0.1, 0.15) is 13.8 Å². The minimum atomic E-state index is -4.09. The highest BCUT2D eigenvalue weighted by Gasteiger charge is 2.07. The summed E-state index contributed by atoms with van der Waals surface area (Å²) in [7, 11) is -4.09. The average Bonchev–Trinajstić information content (AvgIpc) is 1.90. The molecule has 0 rings (SSSR count). The lowest BCUT2D eigenvalue weighted by atomic mass is 10.7. The Hall–Kier alpha value is 0.0700. The maximum atomic E-state index is 9.44. The molecule has 70 valence electrons. The van der Waals surface area contributed by atoms with E-state index in [4.69, 9.17) is 14.9 Å². The van der Waals surface area contributed by atoms with Gasteiger partial charge in [0, 0.05) is 0 Å². The molecule has 0 spiro atoms. The van der Waals surface area contributed by atoms with Crippen molar-refractivity contribution in [3.8, 4) is 0 Å². The van der Waals surface area contributed by atoms with Gasteiger partial charge >= 0.3 is 7.60 Å². The fourth-order valence-electron chi connectivity index (χ4n) is 0.250. The van der Waals surface area contributed by atoms with Crippen LogP contribution in [0.3, 0.4) is 0 Å². The van der Waals surface area contributed by atoms with E-state index in [1.807, 2.05) is 0 Å². The number of nitrogens with one attached hydrogen (secondary N) is 1. The molecule has 11 heavy (non-hydrogen) atoms. The lowest BCUT2D eigenvalue weighted by Gasteiger charge is -1.92. The smallest absolute Gasteiger partial charge is 0.350 e. The van der Waals surface area contributed by atoms with Gasteiger partial charge in [0.1, 0.15) is 6.35 Å². The normalized spacial score (nSPS) is 10.3. The zero-order valence-electron chi connectivity index (χ0n) is 6.82. The molecule has 0 fully saturated rings. The summed E-state index contributed by atoms with van der Waals surface area (Å²) in [6.07, 6.45) is -1.06. The van der Waals surface area contributed by atoms with Crippen molar-refractivity contribution in [3.05, 3.63) is 0 Å². The number of rotatable bonds is 3. The van der Waals surface area contributed by atoms with Crippen LogP contribution < -0.4 is 5.32 Å². The standard InChI is InChI=1S/C4H11N.CH5O4P/c1-3-5-4-2;2-1-6(3,4)5/h5H,3-4H2,1-2H3;2H,1H2,(H2,3,4,5). The summed E-state index contributed by atoms with van der Waals surface area (Å²) in [4.78, 5) is 15.4. The lowest BCUT2D eigenvalue weighted by molar-refractivity contribution is 0.287. The van der Waals surface area contributed by atoms with E-state index in [1.54, 1.807) is 0 Å². The second-order valence-corrected chi connectivity index (χ2v) is 3.38. The number of aliphatic hydroxyl groups excluding tert-OH is 1. The average molecular weight is 185 g/mol. The van der Waals surface area contributed by atoms with Crippen LogP contribution in [-0.2, 0) is 4.57 Å². The molecule has 6 heteroatoms. The molecular weight excluding hydrogens is 169 g/mol. The van der Waals surface area contributed by atoms with E-state index in [1.165, 1.54) is 0 Å². The largest absolute Gasteiger partial charge is 0.384 e. The Bertz CT molecular complexity index is 111. The molecule has 0 bridgehead atoms. The molecule has 0 aliphatic rings. The first-order valence-electron chi connectivity index (χ1n) is 3.34. The molecule has 5 nitrogen and oxygen atoms in total. The van der Waals surface area contributed by atoms with Gasteiger partial charge in [-0.15, -0.1) is 0 Å². The molecule has 0 saturated carbocycles. The number of hydrogen-bond donors (Lipinski definition) is 4. The van der Waals surface area contributed by atoms with Gasteiger partial charge in [-0.25, -0.2) is 0 Å². The van der Waals surface area contributed by atoms with Crippen LogP contribution in [0.5, 0.6) is 0 Å². The predicted octanol–water partition coefficient (Wildman–Crippen LogP) is -0.270. The summed E-state index contributed by atoms with van der Waals surface area (Å²) in [5.74, 6) is 0. The number of hydrogen-bond acceptors (Lipinski definition) is 3. The zero-order valence-corrected chi connectivity index (χ0v) is 7.71. The van der Waals surface area contributed by atoms with Crippen molar-refractivity contribution in [2.24, 2.45) is 0 Å². The van der Waals surface area contributed by atoms with Crippen LogP contribution in [-0.4, -0.2) is 34.3 Å². The van der Waals surface area contributed by atoms with Gasteiger partial charge in [-0.05, 0) is 13.1 Å². The molecule has 0 heterocycles. The maximum absolute atomic E-state index is 9.44. The van der Waals surface area contributed by atoms with Crippen molar-refractivity contribution < 1.29 is 19.5 Å². The second-order valence-electron chi connectivity index (χ2n) is 1.76. The van der Waals surface area contributed by atoms with Crippen molar-refractivity contribution >= 4 is 7.60 Å². The highest BCUT2D eigenvalue weighted by atomic mass is 31.2. The van der Waals surface area contributed by atoms with Crippen LogP contribution in [0.2, 0.25) is 0 Å². The molecule has 0 radical (unpaired) electrons. The second kappa shape index (κ2) is 8.17. The van der Waals surface area contributed by atoms with E-state index in [9.17, 15) is 4.57 Å². The van der Waals surface area contributed by atoms with Crippen molar-refractivity contribution in [2.75, 3.05) is 19.4 Å². The summed E-state index contributed by atoms with van der Waals surface area (Å²) >= 11 is 0. The van der Waals surface area contributed by atoms with E-state index >= 15 is 0 Å². The molecule has 0 aliphatic carbocycles. The van der Waals surface area contributed by atoms with E-state index in [-0.39, 0.29) is 0 Å². The van der Waals surface area contributed by atoms with Crippen LogP contribution in [0.4, 0.5) is 0 Å². The van der Waals surface area contributed by atoms with Gasteiger partial charge in [0.2, 0.25) is 0 Å². The van der Waals surface area contributed by atoms with Gasteiger partial charge in [-0.1, -0.05) is 13.8 Å². The van der Waals surface area contributed by atoms with Crippen molar-refractivity contribution in [1.29, 1.82) is 0 Å². The molecule has 0 aromatic heterocycles. The maximum Gasteiger partial charge on any atom is 0.350 e. The van der Waals surface area contributed by atoms with Gasteiger partial charge in [-0.2, -0.15) is 0 Å². The van der Waals surface area contributed by atoms with Crippen LogP contribution in [0.15, 0.2) is 0 Å². The van der Waals surface area contributed by atoms with Crippen molar-refractivity contribution in [1.82, 2.24) is 5.32 Å². The first kappa shape index (κ1) is 13.6. The molecule has 0 amide bonds. The van der Waals surface area contributed by atoms with Crippen LogP contribution >= 0.6 is 7.60 Å². The summed E-state index contributed by atoms with van der Waals surface area (Å²) < 4.78 is 9.44. The fourth-order valence-corrected chi connectivity index (χ4v) is 0.250. The monoisotopic (exact) mass is 185 g/mol. The Morgan fingerprint density at radius 3 is 1.55 bits per heavy atom. The van der Waals surface area contributed by atoms with E-state index in [0.29, 0.717) is 0 Å². The Morgan fingerprint density at radius 1 is 1.27 bits per heavy atom. The first-order chi connectivity index (χ1) is 4.97. The van der Waals surface area contributed by atoms with Gasteiger partial charge in [-0.3, -0.25) is 4.57 Å². The Morgan fingerprint density at radius 2 is 1.55 bits per heavy atom. The zero-order chi connectivity index (χ0) is 9.33. The molecule has 0 aliphatic heterocycles. The van der Waals surface area contributed by atoms with Gasteiger partial charge in [0.15, 0.2) is 0 Å². The Labute approximate surface area is 66.6 Å². The van der Waals surface area contributed by atoms with E-state index < -0.39 is 13.9 Å². The van der Waals surface area contributed by atoms with Gasteiger partial charge in [0.25, 0.3) is 0 Å². The SMILES string of the molecule is CCNCC.O=P(O)(O)CO. The van der Waals surface area contributed by atoms with Gasteiger partial charge < -0.3 is 20.2 Å². The van der Waals surface area contributed by atoms with Gasteiger partial charge in [0.05, 0.1) is 0 Å². The van der Waals surface area contributed by atoms with E-state index in [2.05, 4.69) is 19.2 Å². The molecular formula is C5H16NO4P. The van der Waals surface area contributed by atoms with Crippen molar-refractivity contribution in [3.63, 3.8) is 0 Å².